The molecular weight excluding hydrogens is 471 g/mol. The van der Waals surface area contributed by atoms with E-state index in [9.17, 15) is 13.2 Å². The molecule has 0 aromatic heterocycles. The molecule has 1 unspecified atom stereocenters. The first-order chi connectivity index (χ1) is 15.4. The molecule has 32 heavy (non-hydrogen) atoms. The molecule has 170 valence electrons. The Balaban J connectivity index is 1.98. The minimum Gasteiger partial charge on any atom is -0.302 e. The van der Waals surface area contributed by atoms with Crippen molar-refractivity contribution < 1.29 is 13.2 Å². The standard InChI is InChI=1S/C25H25ClF3NS2/c1-3-31-14-4-5-18-15-20(27)8-12-23(18)17(2)30(25-16-21(28)9-13-24(25)29)32-22-10-6-19(26)7-11-22/h6-13,15-17H,3-5,14H2,1-2H3. The highest BCUT2D eigenvalue weighted by Gasteiger charge is 2.24. The van der Waals surface area contributed by atoms with Gasteiger partial charge in [-0.1, -0.05) is 24.6 Å². The lowest BCUT2D eigenvalue weighted by Crippen LogP contribution is -2.22. The Labute approximate surface area is 201 Å². The van der Waals surface area contributed by atoms with Crippen LogP contribution in [0.25, 0.3) is 0 Å². The van der Waals surface area contributed by atoms with E-state index in [2.05, 4.69) is 6.92 Å². The van der Waals surface area contributed by atoms with Gasteiger partial charge in [0.15, 0.2) is 0 Å². The molecule has 0 aliphatic carbocycles. The molecule has 7 heteroatoms. The summed E-state index contributed by atoms with van der Waals surface area (Å²) in [6, 6.07) is 15.0. The van der Waals surface area contributed by atoms with Gasteiger partial charge in [-0.05, 0) is 103 Å². The van der Waals surface area contributed by atoms with Gasteiger partial charge in [-0.2, -0.15) is 11.8 Å². The highest BCUT2D eigenvalue weighted by molar-refractivity contribution is 8.00. The maximum Gasteiger partial charge on any atom is 0.147 e. The SMILES string of the molecule is CCSCCCc1cc(F)ccc1C(C)N(Sc1ccc(Cl)cc1)c1cc(F)ccc1F. The summed E-state index contributed by atoms with van der Waals surface area (Å²) in [6.07, 6.45) is 1.63. The van der Waals surface area contributed by atoms with Gasteiger partial charge in [0.05, 0.1) is 11.7 Å². The maximum atomic E-state index is 14.8. The largest absolute Gasteiger partial charge is 0.302 e. The van der Waals surface area contributed by atoms with Crippen LogP contribution in [-0.4, -0.2) is 11.5 Å². The Kier molecular flexibility index (Phi) is 9.26. The Morgan fingerprint density at radius 1 is 0.938 bits per heavy atom. The Morgan fingerprint density at radius 3 is 2.34 bits per heavy atom. The molecule has 0 radical (unpaired) electrons. The van der Waals surface area contributed by atoms with Crippen LogP contribution in [-0.2, 0) is 6.42 Å². The summed E-state index contributed by atoms with van der Waals surface area (Å²) < 4.78 is 44.7. The first kappa shape index (κ1) is 24.9. The Hall–Kier alpha value is -1.76. The van der Waals surface area contributed by atoms with E-state index in [1.165, 1.54) is 24.1 Å². The van der Waals surface area contributed by atoms with Crippen LogP contribution in [0.2, 0.25) is 5.02 Å². The molecule has 0 spiro atoms. The minimum absolute atomic E-state index is 0.134. The second kappa shape index (κ2) is 11.9. The Bertz CT molecular complexity index is 1030. The topological polar surface area (TPSA) is 3.24 Å². The van der Waals surface area contributed by atoms with Crippen LogP contribution in [0.4, 0.5) is 18.9 Å². The van der Waals surface area contributed by atoms with Crippen molar-refractivity contribution in [3.05, 3.63) is 94.3 Å². The average Bonchev–Trinajstić information content (AvgIpc) is 2.78. The number of aryl methyl sites for hydroxylation is 1. The summed E-state index contributed by atoms with van der Waals surface area (Å²) in [6.45, 7) is 4.03. The van der Waals surface area contributed by atoms with Gasteiger partial charge >= 0.3 is 0 Å². The smallest absolute Gasteiger partial charge is 0.147 e. The number of hydrogen-bond acceptors (Lipinski definition) is 3. The Morgan fingerprint density at radius 2 is 1.62 bits per heavy atom. The highest BCUT2D eigenvalue weighted by Crippen LogP contribution is 2.40. The molecule has 3 aromatic rings. The molecular formula is C25H25ClF3NS2. The van der Waals surface area contributed by atoms with Crippen molar-refractivity contribution in [2.75, 3.05) is 15.8 Å². The maximum absolute atomic E-state index is 14.8. The molecule has 0 aliphatic rings. The molecule has 0 saturated heterocycles. The second-order valence-corrected chi connectivity index (χ2v) is 10.2. The van der Waals surface area contributed by atoms with Crippen molar-refractivity contribution in [3.63, 3.8) is 0 Å². The highest BCUT2D eigenvalue weighted by atomic mass is 35.5. The van der Waals surface area contributed by atoms with Crippen molar-refractivity contribution in [2.45, 2.75) is 37.6 Å². The van der Waals surface area contributed by atoms with Gasteiger partial charge < -0.3 is 4.31 Å². The quantitative estimate of drug-likeness (QED) is 0.204. The zero-order chi connectivity index (χ0) is 23.1. The lowest BCUT2D eigenvalue weighted by molar-refractivity contribution is 0.595. The summed E-state index contributed by atoms with van der Waals surface area (Å²) >= 11 is 9.14. The summed E-state index contributed by atoms with van der Waals surface area (Å²) in [5.74, 6) is 0.682. The van der Waals surface area contributed by atoms with Crippen molar-refractivity contribution in [3.8, 4) is 0 Å². The van der Waals surface area contributed by atoms with Crippen molar-refractivity contribution >= 4 is 41.0 Å². The van der Waals surface area contributed by atoms with Gasteiger partial charge in [-0.15, -0.1) is 0 Å². The summed E-state index contributed by atoms with van der Waals surface area (Å²) in [5, 5.41) is 0.594. The summed E-state index contributed by atoms with van der Waals surface area (Å²) in [5.41, 5.74) is 1.90. The van der Waals surface area contributed by atoms with Crippen molar-refractivity contribution in [2.24, 2.45) is 0 Å². The number of benzene rings is 3. The molecule has 0 bridgehead atoms. The number of thioether (sulfide) groups is 1. The molecule has 3 aromatic carbocycles. The van der Waals surface area contributed by atoms with E-state index in [1.54, 1.807) is 28.6 Å². The van der Waals surface area contributed by atoms with Gasteiger partial charge in [0, 0.05) is 16.0 Å². The van der Waals surface area contributed by atoms with Crippen LogP contribution in [0.5, 0.6) is 0 Å². The molecule has 1 nitrogen and oxygen atoms in total. The monoisotopic (exact) mass is 495 g/mol. The van der Waals surface area contributed by atoms with E-state index < -0.39 is 11.6 Å². The fraction of sp³-hybridized carbons (Fsp3) is 0.280. The van der Waals surface area contributed by atoms with Gasteiger partial charge in [0.25, 0.3) is 0 Å². The van der Waals surface area contributed by atoms with E-state index in [0.717, 1.165) is 52.5 Å². The van der Waals surface area contributed by atoms with E-state index >= 15 is 0 Å². The van der Waals surface area contributed by atoms with Gasteiger partial charge in [-0.25, -0.2) is 13.2 Å². The molecule has 0 N–H and O–H groups in total. The van der Waals surface area contributed by atoms with Crippen LogP contribution in [0.3, 0.4) is 0 Å². The van der Waals surface area contributed by atoms with Crippen LogP contribution in [0.15, 0.2) is 65.6 Å². The third-order valence-corrected chi connectivity index (χ3v) is 7.44. The van der Waals surface area contributed by atoms with Crippen molar-refractivity contribution in [1.29, 1.82) is 0 Å². The number of anilines is 1. The number of hydrogen-bond donors (Lipinski definition) is 0. The fourth-order valence-corrected chi connectivity index (χ4v) is 5.19. The lowest BCUT2D eigenvalue weighted by Gasteiger charge is -2.32. The number of halogens is 4. The van der Waals surface area contributed by atoms with Crippen LogP contribution in [0.1, 0.15) is 37.4 Å². The fourth-order valence-electron chi connectivity index (χ4n) is 3.43. The molecule has 0 aliphatic heterocycles. The predicted octanol–water partition coefficient (Wildman–Crippen LogP) is 8.72. The first-order valence-corrected chi connectivity index (χ1v) is 12.7. The van der Waals surface area contributed by atoms with Crippen LogP contribution < -0.4 is 4.31 Å². The van der Waals surface area contributed by atoms with E-state index in [4.69, 9.17) is 11.6 Å². The minimum atomic E-state index is -0.525. The molecule has 3 rings (SSSR count). The molecule has 1 atom stereocenters. The van der Waals surface area contributed by atoms with Gasteiger partial charge in [0.1, 0.15) is 17.5 Å². The third-order valence-electron chi connectivity index (χ3n) is 5.01. The summed E-state index contributed by atoms with van der Waals surface area (Å²) in [4.78, 5) is 0.827. The number of rotatable bonds is 10. The molecule has 0 fully saturated rings. The number of nitrogens with zero attached hydrogens (tertiary/aromatic N) is 1. The zero-order valence-electron chi connectivity index (χ0n) is 18.0. The molecule has 0 amide bonds. The van der Waals surface area contributed by atoms with Gasteiger partial charge in [0.2, 0.25) is 0 Å². The van der Waals surface area contributed by atoms with Gasteiger partial charge in [-0.3, -0.25) is 0 Å². The average molecular weight is 496 g/mol. The molecule has 0 heterocycles. The second-order valence-electron chi connectivity index (χ2n) is 7.29. The van der Waals surface area contributed by atoms with E-state index in [0.29, 0.717) is 5.02 Å². The summed E-state index contributed by atoms with van der Waals surface area (Å²) in [7, 11) is 0. The third kappa shape index (κ3) is 6.63. The van der Waals surface area contributed by atoms with Crippen LogP contribution >= 0.6 is 35.3 Å². The zero-order valence-corrected chi connectivity index (χ0v) is 20.3. The van der Waals surface area contributed by atoms with Crippen molar-refractivity contribution in [1.82, 2.24) is 0 Å². The van der Waals surface area contributed by atoms with Crippen LogP contribution in [0, 0.1) is 17.5 Å². The van der Waals surface area contributed by atoms with E-state index in [1.807, 2.05) is 30.8 Å². The first-order valence-electron chi connectivity index (χ1n) is 10.4. The molecule has 0 saturated carbocycles. The predicted molar refractivity (Wildman–Crippen MR) is 132 cm³/mol. The normalized spacial score (nSPS) is 12.1. The lowest BCUT2D eigenvalue weighted by atomic mass is 9.97. The van der Waals surface area contributed by atoms with E-state index in [-0.39, 0.29) is 17.5 Å².